The molecule has 1 aromatic carbocycles. The third-order valence-corrected chi connectivity index (χ3v) is 4.25. The average Bonchev–Trinajstić information content (AvgIpc) is 2.54. The third kappa shape index (κ3) is 4.73. The van der Waals surface area contributed by atoms with E-state index in [9.17, 15) is 4.79 Å². The minimum Gasteiger partial charge on any atom is -0.494 e. The van der Waals surface area contributed by atoms with Crippen molar-refractivity contribution in [3.05, 3.63) is 29.8 Å². The first-order valence-corrected chi connectivity index (χ1v) is 8.37. The summed E-state index contributed by atoms with van der Waals surface area (Å²) < 4.78 is 5.63. The molecule has 0 saturated carbocycles. The van der Waals surface area contributed by atoms with E-state index >= 15 is 0 Å². The smallest absolute Gasteiger partial charge is 0.222 e. The van der Waals surface area contributed by atoms with Gasteiger partial charge in [-0.1, -0.05) is 18.2 Å². The molecule has 1 saturated heterocycles. The van der Waals surface area contributed by atoms with Gasteiger partial charge in [-0.2, -0.15) is 0 Å². The Labute approximate surface area is 133 Å². The zero-order valence-corrected chi connectivity index (χ0v) is 13.8. The summed E-state index contributed by atoms with van der Waals surface area (Å²) in [6.45, 7) is 5.44. The zero-order chi connectivity index (χ0) is 15.8. The molecule has 22 heavy (non-hydrogen) atoms. The average molecular weight is 304 g/mol. The summed E-state index contributed by atoms with van der Waals surface area (Å²) in [7, 11) is 1.98. The monoisotopic (exact) mass is 304 g/mol. The molecule has 122 valence electrons. The van der Waals surface area contributed by atoms with Crippen molar-refractivity contribution in [2.45, 2.75) is 32.6 Å². The Morgan fingerprint density at radius 1 is 1.41 bits per heavy atom. The molecule has 2 rings (SSSR count). The van der Waals surface area contributed by atoms with Gasteiger partial charge in [-0.05, 0) is 57.3 Å². The molecule has 1 heterocycles. The molecule has 0 aromatic heterocycles. The fourth-order valence-electron chi connectivity index (χ4n) is 3.15. The Morgan fingerprint density at radius 3 is 3.00 bits per heavy atom. The molecule has 4 heteroatoms. The van der Waals surface area contributed by atoms with E-state index in [1.807, 2.05) is 37.1 Å². The fourth-order valence-corrected chi connectivity index (χ4v) is 3.15. The minimum absolute atomic E-state index is 0.270. The predicted molar refractivity (Wildman–Crippen MR) is 89.2 cm³/mol. The number of nitrogens with one attached hydrogen (secondary N) is 1. The van der Waals surface area contributed by atoms with Gasteiger partial charge in [0.1, 0.15) is 5.75 Å². The number of hydrogen-bond acceptors (Lipinski definition) is 3. The second-order valence-electron chi connectivity index (χ2n) is 5.95. The van der Waals surface area contributed by atoms with Crippen LogP contribution in [0, 0.1) is 5.92 Å². The number of nitrogens with zero attached hydrogens (tertiary/aromatic N) is 1. The van der Waals surface area contributed by atoms with E-state index in [1.54, 1.807) is 0 Å². The van der Waals surface area contributed by atoms with Crippen molar-refractivity contribution in [2.75, 3.05) is 33.3 Å². The lowest BCUT2D eigenvalue weighted by molar-refractivity contribution is -0.132. The lowest BCUT2D eigenvalue weighted by atomic mass is 9.97. The van der Waals surface area contributed by atoms with Crippen LogP contribution >= 0.6 is 0 Å². The minimum atomic E-state index is 0.270. The lowest BCUT2D eigenvalue weighted by Gasteiger charge is -2.32. The number of piperidine rings is 1. The van der Waals surface area contributed by atoms with Crippen LogP contribution in [-0.2, 0) is 11.2 Å². The number of para-hydroxylation sites is 1. The molecule has 4 nitrogen and oxygen atoms in total. The van der Waals surface area contributed by atoms with Crippen LogP contribution in [0.15, 0.2) is 24.3 Å². The highest BCUT2D eigenvalue weighted by atomic mass is 16.5. The normalized spacial score (nSPS) is 18.3. The van der Waals surface area contributed by atoms with E-state index < -0.39 is 0 Å². The van der Waals surface area contributed by atoms with E-state index in [2.05, 4.69) is 11.4 Å². The number of carbonyl (C=O) groups is 1. The number of carbonyl (C=O) groups excluding carboxylic acids is 1. The summed E-state index contributed by atoms with van der Waals surface area (Å²) in [5.74, 6) is 1.77. The van der Waals surface area contributed by atoms with Crippen molar-refractivity contribution in [2.24, 2.45) is 5.92 Å². The van der Waals surface area contributed by atoms with Crippen LogP contribution in [0.1, 0.15) is 31.7 Å². The topological polar surface area (TPSA) is 41.6 Å². The highest BCUT2D eigenvalue weighted by molar-refractivity contribution is 5.76. The summed E-state index contributed by atoms with van der Waals surface area (Å²) in [5, 5.41) is 3.22. The molecule has 0 spiro atoms. The molecular weight excluding hydrogens is 276 g/mol. The quantitative estimate of drug-likeness (QED) is 0.841. The van der Waals surface area contributed by atoms with E-state index in [-0.39, 0.29) is 5.91 Å². The van der Waals surface area contributed by atoms with E-state index in [4.69, 9.17) is 4.74 Å². The Bertz CT molecular complexity index is 474. The Morgan fingerprint density at radius 2 is 2.23 bits per heavy atom. The van der Waals surface area contributed by atoms with Gasteiger partial charge in [0, 0.05) is 19.5 Å². The SMILES string of the molecule is CCOc1ccccc1CCC(=O)N1CCC[C@H](CNC)C1. The molecule has 1 amide bonds. The standard InChI is InChI=1S/C18H28N2O2/c1-3-22-17-9-5-4-8-16(17)10-11-18(21)20-12-6-7-15(14-20)13-19-2/h4-5,8-9,15,19H,3,6-7,10-14H2,1-2H3/t15-/m1/s1. The molecule has 0 unspecified atom stereocenters. The number of ether oxygens (including phenoxy) is 1. The van der Waals surface area contributed by atoms with Crippen LogP contribution in [-0.4, -0.2) is 44.1 Å². The van der Waals surface area contributed by atoms with Gasteiger partial charge in [0.15, 0.2) is 0 Å². The van der Waals surface area contributed by atoms with E-state index in [0.717, 1.165) is 43.8 Å². The van der Waals surface area contributed by atoms with Crippen LogP contribution in [0.4, 0.5) is 0 Å². The van der Waals surface area contributed by atoms with Crippen molar-refractivity contribution in [1.82, 2.24) is 10.2 Å². The van der Waals surface area contributed by atoms with Crippen LogP contribution in [0.2, 0.25) is 0 Å². The fraction of sp³-hybridized carbons (Fsp3) is 0.611. The van der Waals surface area contributed by atoms with Gasteiger partial charge in [0.25, 0.3) is 0 Å². The van der Waals surface area contributed by atoms with Crippen molar-refractivity contribution < 1.29 is 9.53 Å². The van der Waals surface area contributed by atoms with Gasteiger partial charge in [-0.3, -0.25) is 4.79 Å². The van der Waals surface area contributed by atoms with Gasteiger partial charge in [-0.25, -0.2) is 0 Å². The van der Waals surface area contributed by atoms with Gasteiger partial charge in [-0.15, -0.1) is 0 Å². The molecule has 1 aromatic rings. The summed E-state index contributed by atoms with van der Waals surface area (Å²) in [6.07, 6.45) is 3.66. The zero-order valence-electron chi connectivity index (χ0n) is 13.8. The third-order valence-electron chi connectivity index (χ3n) is 4.25. The maximum absolute atomic E-state index is 12.5. The number of aryl methyl sites for hydroxylation is 1. The van der Waals surface area contributed by atoms with Crippen molar-refractivity contribution in [3.8, 4) is 5.75 Å². The second-order valence-corrected chi connectivity index (χ2v) is 5.95. The molecule has 0 radical (unpaired) electrons. The number of hydrogen-bond donors (Lipinski definition) is 1. The van der Waals surface area contributed by atoms with Gasteiger partial charge < -0.3 is 15.0 Å². The van der Waals surface area contributed by atoms with Crippen LogP contribution < -0.4 is 10.1 Å². The summed E-state index contributed by atoms with van der Waals surface area (Å²) >= 11 is 0. The number of likely N-dealkylation sites (tertiary alicyclic amines) is 1. The molecule has 1 N–H and O–H groups in total. The maximum atomic E-state index is 12.5. The van der Waals surface area contributed by atoms with Crippen molar-refractivity contribution in [1.29, 1.82) is 0 Å². The van der Waals surface area contributed by atoms with Crippen LogP contribution in [0.3, 0.4) is 0 Å². The van der Waals surface area contributed by atoms with E-state index in [1.165, 1.54) is 6.42 Å². The van der Waals surface area contributed by atoms with Gasteiger partial charge in [0.05, 0.1) is 6.61 Å². The largest absolute Gasteiger partial charge is 0.494 e. The Kier molecular flexibility index (Phi) is 6.72. The van der Waals surface area contributed by atoms with Crippen molar-refractivity contribution >= 4 is 5.91 Å². The van der Waals surface area contributed by atoms with Crippen LogP contribution in [0.5, 0.6) is 5.75 Å². The van der Waals surface area contributed by atoms with Gasteiger partial charge in [0.2, 0.25) is 5.91 Å². The molecule has 1 aliphatic heterocycles. The molecular formula is C18H28N2O2. The summed E-state index contributed by atoms with van der Waals surface area (Å²) in [5.41, 5.74) is 1.13. The summed E-state index contributed by atoms with van der Waals surface area (Å²) in [4.78, 5) is 14.5. The Balaban J connectivity index is 1.87. The number of amides is 1. The summed E-state index contributed by atoms with van der Waals surface area (Å²) in [6, 6.07) is 8.01. The Hall–Kier alpha value is -1.55. The molecule has 0 bridgehead atoms. The molecule has 0 aliphatic carbocycles. The second kappa shape index (κ2) is 8.79. The number of rotatable bonds is 7. The predicted octanol–water partition coefficient (Wildman–Crippen LogP) is 2.48. The first-order chi connectivity index (χ1) is 10.7. The maximum Gasteiger partial charge on any atom is 0.222 e. The first-order valence-electron chi connectivity index (χ1n) is 8.37. The van der Waals surface area contributed by atoms with Gasteiger partial charge >= 0.3 is 0 Å². The van der Waals surface area contributed by atoms with Crippen LogP contribution in [0.25, 0.3) is 0 Å². The highest BCUT2D eigenvalue weighted by Crippen LogP contribution is 2.21. The number of benzene rings is 1. The highest BCUT2D eigenvalue weighted by Gasteiger charge is 2.23. The lowest BCUT2D eigenvalue weighted by Crippen LogP contribution is -2.42. The molecule has 1 aliphatic rings. The molecule has 1 atom stereocenters. The van der Waals surface area contributed by atoms with E-state index in [0.29, 0.717) is 18.9 Å². The first kappa shape index (κ1) is 16.8. The molecule has 1 fully saturated rings. The van der Waals surface area contributed by atoms with Crippen molar-refractivity contribution in [3.63, 3.8) is 0 Å².